The van der Waals surface area contributed by atoms with Gasteiger partial charge in [-0.2, -0.15) is 5.10 Å². The van der Waals surface area contributed by atoms with Gasteiger partial charge in [0, 0.05) is 13.1 Å². The summed E-state index contributed by atoms with van der Waals surface area (Å²) >= 11 is 0. The number of carbonyl (C=O) groups excluding carboxylic acids is 1. The van der Waals surface area contributed by atoms with E-state index >= 15 is 0 Å². The molecule has 1 atom stereocenters. The van der Waals surface area contributed by atoms with Crippen molar-refractivity contribution in [3.63, 3.8) is 0 Å². The van der Waals surface area contributed by atoms with Gasteiger partial charge in [-0.1, -0.05) is 0 Å². The molecule has 1 aromatic heterocycles. The maximum Gasteiger partial charge on any atom is 0.358 e. The predicted molar refractivity (Wildman–Crippen MR) is 55.9 cm³/mol. The van der Waals surface area contributed by atoms with Gasteiger partial charge in [0.1, 0.15) is 0 Å². The first-order valence-electron chi connectivity index (χ1n) is 5.33. The molecule has 0 unspecified atom stereocenters. The molecule has 2 N–H and O–H groups in total. The van der Waals surface area contributed by atoms with Crippen molar-refractivity contribution in [3.05, 3.63) is 17.5 Å². The van der Waals surface area contributed by atoms with E-state index in [1.165, 1.54) is 0 Å². The van der Waals surface area contributed by atoms with Crippen molar-refractivity contribution in [2.75, 3.05) is 13.2 Å². The molecule has 0 saturated carbocycles. The third-order valence-corrected chi connectivity index (χ3v) is 2.42. The second kappa shape index (κ2) is 4.63. The van der Waals surface area contributed by atoms with Crippen molar-refractivity contribution in [2.24, 2.45) is 0 Å². The molecule has 6 nitrogen and oxygen atoms in total. The Balaban J connectivity index is 2.19. The molecule has 88 valence electrons. The molecule has 0 aromatic carbocycles. The molecule has 0 amide bonds. The Hall–Kier alpha value is -1.40. The summed E-state index contributed by atoms with van der Waals surface area (Å²) in [4.78, 5) is 11.4. The van der Waals surface area contributed by atoms with Crippen LogP contribution in [-0.2, 0) is 17.8 Å². The number of nitrogens with zero attached hydrogens (tertiary/aromatic N) is 2. The lowest BCUT2D eigenvalue weighted by atomic mass is 10.3. The monoisotopic (exact) mass is 225 g/mol. The average Bonchev–Trinajstić information content (AvgIpc) is 2.54. The minimum Gasteiger partial charge on any atom is -0.461 e. The standard InChI is InChI=1S/C10H15N3O3/c1-2-16-10(15)9-3-7-4-11-5-8(14)6-13(7)12-9/h3,8,11,14H,2,4-6H2,1H3/t8-/m1/s1. The maximum absolute atomic E-state index is 11.4. The number of hydrogen-bond donors (Lipinski definition) is 2. The third kappa shape index (κ3) is 2.23. The number of aliphatic hydroxyl groups excluding tert-OH is 1. The fourth-order valence-electron chi connectivity index (χ4n) is 1.69. The largest absolute Gasteiger partial charge is 0.461 e. The van der Waals surface area contributed by atoms with E-state index < -0.39 is 12.1 Å². The fraction of sp³-hybridized carbons (Fsp3) is 0.600. The predicted octanol–water partition coefficient (Wildman–Crippen LogP) is -0.476. The first-order chi connectivity index (χ1) is 7.70. The summed E-state index contributed by atoms with van der Waals surface area (Å²) in [5, 5.41) is 16.7. The molecule has 0 fully saturated rings. The van der Waals surface area contributed by atoms with Crippen molar-refractivity contribution < 1.29 is 14.6 Å². The summed E-state index contributed by atoms with van der Waals surface area (Å²) in [6, 6.07) is 1.70. The first kappa shape index (κ1) is 11.1. The van der Waals surface area contributed by atoms with Gasteiger partial charge in [0.15, 0.2) is 5.69 Å². The molecule has 0 bridgehead atoms. The zero-order chi connectivity index (χ0) is 11.5. The second-order valence-electron chi connectivity index (χ2n) is 3.71. The molecule has 6 heteroatoms. The van der Waals surface area contributed by atoms with E-state index in [1.807, 2.05) is 0 Å². The van der Waals surface area contributed by atoms with Crippen LogP contribution < -0.4 is 5.32 Å². The highest BCUT2D eigenvalue weighted by molar-refractivity contribution is 5.87. The number of rotatable bonds is 2. The quantitative estimate of drug-likeness (QED) is 0.665. The lowest BCUT2D eigenvalue weighted by Crippen LogP contribution is -2.25. The minimum absolute atomic E-state index is 0.299. The van der Waals surface area contributed by atoms with Gasteiger partial charge in [-0.15, -0.1) is 0 Å². The van der Waals surface area contributed by atoms with Gasteiger partial charge in [-0.3, -0.25) is 4.68 Å². The Morgan fingerprint density at radius 2 is 2.62 bits per heavy atom. The number of ether oxygens (including phenoxy) is 1. The zero-order valence-corrected chi connectivity index (χ0v) is 9.14. The number of hydrogen-bond acceptors (Lipinski definition) is 5. The summed E-state index contributed by atoms with van der Waals surface area (Å²) in [5.41, 5.74) is 1.19. The normalized spacial score (nSPS) is 20.0. The molecular formula is C10H15N3O3. The Bertz CT molecular complexity index is 389. The highest BCUT2D eigenvalue weighted by Gasteiger charge is 2.19. The van der Waals surface area contributed by atoms with E-state index in [4.69, 9.17) is 4.74 Å². The smallest absolute Gasteiger partial charge is 0.358 e. The first-order valence-corrected chi connectivity index (χ1v) is 5.33. The van der Waals surface area contributed by atoms with Crippen LogP contribution in [0.4, 0.5) is 0 Å². The number of aromatic nitrogens is 2. The van der Waals surface area contributed by atoms with Gasteiger partial charge >= 0.3 is 5.97 Å². The van der Waals surface area contributed by atoms with Crippen molar-refractivity contribution in [3.8, 4) is 0 Å². The molecule has 0 aliphatic carbocycles. The van der Waals surface area contributed by atoms with Crippen LogP contribution in [0.3, 0.4) is 0 Å². The molecule has 0 spiro atoms. The van der Waals surface area contributed by atoms with Crippen molar-refractivity contribution in [1.29, 1.82) is 0 Å². The topological polar surface area (TPSA) is 76.4 Å². The van der Waals surface area contributed by atoms with E-state index in [-0.39, 0.29) is 0 Å². The Morgan fingerprint density at radius 3 is 3.38 bits per heavy atom. The summed E-state index contributed by atoms with van der Waals surface area (Å²) < 4.78 is 6.52. The Kier molecular flexibility index (Phi) is 3.21. The van der Waals surface area contributed by atoms with E-state index in [0.29, 0.717) is 31.9 Å². The fourth-order valence-corrected chi connectivity index (χ4v) is 1.69. The summed E-state index contributed by atoms with van der Waals surface area (Å²) in [6.45, 7) is 3.63. The molecule has 1 aromatic rings. The third-order valence-electron chi connectivity index (χ3n) is 2.42. The summed E-state index contributed by atoms with van der Waals surface area (Å²) in [6.07, 6.45) is -0.476. The van der Waals surface area contributed by atoms with Gasteiger partial charge < -0.3 is 15.2 Å². The van der Waals surface area contributed by atoms with Crippen LogP contribution in [-0.4, -0.2) is 40.1 Å². The Labute approximate surface area is 93.2 Å². The molecule has 2 heterocycles. The van der Waals surface area contributed by atoms with Gasteiger partial charge in [0.25, 0.3) is 0 Å². The summed E-state index contributed by atoms with van der Waals surface area (Å²) in [5.74, 6) is -0.419. The van der Waals surface area contributed by atoms with Crippen LogP contribution in [0.5, 0.6) is 0 Å². The SMILES string of the molecule is CCOC(=O)c1cc2n(n1)C[C@H](O)CNC2. The second-order valence-corrected chi connectivity index (χ2v) is 3.71. The van der Waals surface area contributed by atoms with E-state index in [9.17, 15) is 9.90 Å². The molecule has 0 radical (unpaired) electrons. The van der Waals surface area contributed by atoms with E-state index in [0.717, 1.165) is 5.69 Å². The molecule has 1 aliphatic heterocycles. The Morgan fingerprint density at radius 1 is 1.81 bits per heavy atom. The van der Waals surface area contributed by atoms with Crippen LogP contribution in [0.25, 0.3) is 0 Å². The summed E-state index contributed by atoms with van der Waals surface area (Å²) in [7, 11) is 0. The van der Waals surface area contributed by atoms with Crippen LogP contribution in [0.2, 0.25) is 0 Å². The number of β-amino-alcohol motifs (C(OH)–C–C–N with tert-alkyl or cyclic N) is 1. The van der Waals surface area contributed by atoms with Crippen molar-refractivity contribution >= 4 is 5.97 Å². The van der Waals surface area contributed by atoms with Crippen LogP contribution in [0.15, 0.2) is 6.07 Å². The highest BCUT2D eigenvalue weighted by Crippen LogP contribution is 2.09. The van der Waals surface area contributed by atoms with E-state index in [2.05, 4.69) is 10.4 Å². The average molecular weight is 225 g/mol. The van der Waals surface area contributed by atoms with Crippen molar-refractivity contribution in [1.82, 2.24) is 15.1 Å². The molecule has 1 aliphatic rings. The van der Waals surface area contributed by atoms with Crippen LogP contribution >= 0.6 is 0 Å². The van der Waals surface area contributed by atoms with E-state index in [1.54, 1.807) is 17.7 Å². The number of fused-ring (bicyclic) bond motifs is 1. The van der Waals surface area contributed by atoms with Crippen LogP contribution in [0, 0.1) is 0 Å². The molecular weight excluding hydrogens is 210 g/mol. The number of carbonyl (C=O) groups is 1. The van der Waals surface area contributed by atoms with Crippen LogP contribution in [0.1, 0.15) is 23.1 Å². The van der Waals surface area contributed by atoms with Crippen molar-refractivity contribution in [2.45, 2.75) is 26.1 Å². The molecule has 16 heavy (non-hydrogen) atoms. The van der Waals surface area contributed by atoms with Gasteiger partial charge in [-0.25, -0.2) is 4.79 Å². The number of esters is 1. The zero-order valence-electron chi connectivity index (χ0n) is 9.14. The van der Waals surface area contributed by atoms with Gasteiger partial charge in [0.05, 0.1) is 24.9 Å². The lowest BCUT2D eigenvalue weighted by Gasteiger charge is -2.06. The van der Waals surface area contributed by atoms with Gasteiger partial charge in [0.2, 0.25) is 0 Å². The maximum atomic E-state index is 11.4. The highest BCUT2D eigenvalue weighted by atomic mass is 16.5. The number of aliphatic hydroxyl groups is 1. The lowest BCUT2D eigenvalue weighted by molar-refractivity contribution is 0.0517. The van der Waals surface area contributed by atoms with Gasteiger partial charge in [-0.05, 0) is 13.0 Å². The number of nitrogens with one attached hydrogen (secondary N) is 1. The molecule has 2 rings (SSSR count). The minimum atomic E-state index is -0.476. The molecule has 0 saturated heterocycles.